The summed E-state index contributed by atoms with van der Waals surface area (Å²) in [4.78, 5) is 4.07. The van der Waals surface area contributed by atoms with Crippen LogP contribution in [0.3, 0.4) is 0 Å². The Morgan fingerprint density at radius 1 is 1.54 bits per heavy atom. The highest BCUT2D eigenvalue weighted by atomic mass is 16.5. The van der Waals surface area contributed by atoms with E-state index in [2.05, 4.69) is 4.98 Å². The molecule has 4 N–H and O–H groups in total. The highest BCUT2D eigenvalue weighted by Gasteiger charge is 2.05. The van der Waals surface area contributed by atoms with Crippen molar-refractivity contribution in [3.05, 3.63) is 17.8 Å². The lowest BCUT2D eigenvalue weighted by Gasteiger charge is -2.13. The van der Waals surface area contributed by atoms with Crippen LogP contribution in [0.25, 0.3) is 0 Å². The molecule has 1 rings (SSSR count). The van der Waals surface area contributed by atoms with Gasteiger partial charge >= 0.3 is 0 Å². The van der Waals surface area contributed by atoms with Gasteiger partial charge in [0.15, 0.2) is 11.6 Å². The Hall–Kier alpha value is -1.29. The van der Waals surface area contributed by atoms with Crippen LogP contribution in [0.4, 0.5) is 5.82 Å². The molecule has 0 bridgehead atoms. The van der Waals surface area contributed by atoms with Crippen LogP contribution in [0.5, 0.6) is 5.75 Å². The van der Waals surface area contributed by atoms with Crippen LogP contribution in [0.2, 0.25) is 0 Å². The summed E-state index contributed by atoms with van der Waals surface area (Å²) in [6, 6.07) is 3.67. The molecule has 0 amide bonds. The minimum atomic E-state index is -0.0354. The number of hydrogen-bond acceptors (Lipinski definition) is 4. The second kappa shape index (κ2) is 4.09. The summed E-state index contributed by atoms with van der Waals surface area (Å²) in [5, 5.41) is 0. The van der Waals surface area contributed by atoms with Crippen molar-refractivity contribution >= 4 is 5.82 Å². The molecule has 0 aromatic carbocycles. The van der Waals surface area contributed by atoms with Crippen molar-refractivity contribution in [3.8, 4) is 5.75 Å². The maximum absolute atomic E-state index is 5.65. The van der Waals surface area contributed by atoms with E-state index in [0.717, 1.165) is 5.69 Å². The fraction of sp³-hybridized carbons (Fsp3) is 0.444. The Morgan fingerprint density at radius 2 is 2.23 bits per heavy atom. The maximum atomic E-state index is 5.65. The lowest BCUT2D eigenvalue weighted by Crippen LogP contribution is -2.23. The van der Waals surface area contributed by atoms with Crippen LogP contribution < -0.4 is 16.2 Å². The highest BCUT2D eigenvalue weighted by molar-refractivity contribution is 5.46. The van der Waals surface area contributed by atoms with E-state index in [-0.39, 0.29) is 6.10 Å². The first-order valence-corrected chi connectivity index (χ1v) is 4.23. The molecule has 4 nitrogen and oxygen atoms in total. The molecule has 1 unspecified atom stereocenters. The normalized spacial score (nSPS) is 12.5. The summed E-state index contributed by atoms with van der Waals surface area (Å²) in [7, 11) is 0. The summed E-state index contributed by atoms with van der Waals surface area (Å²) in [6.07, 6.45) is -0.0354. The second-order valence-corrected chi connectivity index (χ2v) is 3.00. The van der Waals surface area contributed by atoms with Crippen molar-refractivity contribution in [2.24, 2.45) is 5.73 Å². The zero-order valence-electron chi connectivity index (χ0n) is 7.95. The number of aryl methyl sites for hydroxylation is 1. The first kappa shape index (κ1) is 9.80. The lowest BCUT2D eigenvalue weighted by molar-refractivity contribution is 0.230. The Labute approximate surface area is 77.9 Å². The molecule has 0 saturated heterocycles. The monoisotopic (exact) mass is 181 g/mol. The van der Waals surface area contributed by atoms with Crippen LogP contribution in [-0.4, -0.2) is 17.6 Å². The van der Waals surface area contributed by atoms with Gasteiger partial charge in [-0.15, -0.1) is 0 Å². The summed E-state index contributed by atoms with van der Waals surface area (Å²) in [5.41, 5.74) is 11.9. The molecule has 0 saturated carbocycles. The molecule has 1 aromatic heterocycles. The van der Waals surface area contributed by atoms with E-state index >= 15 is 0 Å². The average molecular weight is 181 g/mol. The van der Waals surface area contributed by atoms with E-state index in [1.807, 2.05) is 26.0 Å². The molecule has 1 aromatic rings. The predicted molar refractivity (Wildman–Crippen MR) is 52.5 cm³/mol. The summed E-state index contributed by atoms with van der Waals surface area (Å²) in [5.74, 6) is 1.02. The van der Waals surface area contributed by atoms with Gasteiger partial charge in [-0.3, -0.25) is 0 Å². The zero-order chi connectivity index (χ0) is 9.84. The van der Waals surface area contributed by atoms with E-state index in [4.69, 9.17) is 16.2 Å². The summed E-state index contributed by atoms with van der Waals surface area (Å²) < 4.78 is 5.44. The Balaban J connectivity index is 2.77. The predicted octanol–water partition coefficient (Wildman–Crippen LogP) is 0.698. The van der Waals surface area contributed by atoms with Gasteiger partial charge in [-0.2, -0.15) is 0 Å². The van der Waals surface area contributed by atoms with Gasteiger partial charge in [0, 0.05) is 12.2 Å². The van der Waals surface area contributed by atoms with Gasteiger partial charge in [0.2, 0.25) is 0 Å². The smallest absolute Gasteiger partial charge is 0.166 e. The summed E-state index contributed by atoms with van der Waals surface area (Å²) >= 11 is 0. The lowest BCUT2D eigenvalue weighted by atomic mass is 10.3. The number of nitrogens with zero attached hydrogens (tertiary/aromatic N) is 1. The van der Waals surface area contributed by atoms with Gasteiger partial charge in [-0.05, 0) is 26.0 Å². The largest absolute Gasteiger partial charge is 0.486 e. The molecule has 0 aliphatic heterocycles. The molecule has 0 fully saturated rings. The van der Waals surface area contributed by atoms with E-state index < -0.39 is 0 Å². The van der Waals surface area contributed by atoms with Crippen LogP contribution in [0, 0.1) is 6.92 Å². The second-order valence-electron chi connectivity index (χ2n) is 3.00. The van der Waals surface area contributed by atoms with Gasteiger partial charge in [-0.1, -0.05) is 0 Å². The Morgan fingerprint density at radius 3 is 2.77 bits per heavy atom. The van der Waals surface area contributed by atoms with Gasteiger partial charge in [0.1, 0.15) is 6.10 Å². The quantitative estimate of drug-likeness (QED) is 0.719. The minimum Gasteiger partial charge on any atom is -0.486 e. The van der Waals surface area contributed by atoms with Crippen molar-refractivity contribution in [3.63, 3.8) is 0 Å². The van der Waals surface area contributed by atoms with E-state index in [1.165, 1.54) is 0 Å². The number of ether oxygens (including phenoxy) is 1. The topological polar surface area (TPSA) is 74.2 Å². The fourth-order valence-electron chi connectivity index (χ4n) is 0.929. The molecule has 1 atom stereocenters. The van der Waals surface area contributed by atoms with E-state index in [0.29, 0.717) is 18.1 Å². The number of anilines is 1. The average Bonchev–Trinajstić information content (AvgIpc) is 2.09. The third kappa shape index (κ3) is 2.59. The molecule has 0 spiro atoms. The first-order valence-electron chi connectivity index (χ1n) is 4.23. The molecule has 72 valence electrons. The van der Waals surface area contributed by atoms with Crippen molar-refractivity contribution in [2.75, 3.05) is 12.3 Å². The molecule has 0 radical (unpaired) electrons. The molecule has 4 heteroatoms. The number of rotatable bonds is 3. The van der Waals surface area contributed by atoms with Crippen LogP contribution in [0.1, 0.15) is 12.6 Å². The number of aromatic nitrogens is 1. The Bertz CT molecular complexity index is 288. The van der Waals surface area contributed by atoms with Gasteiger partial charge < -0.3 is 16.2 Å². The standard InChI is InChI=1S/C9H15N3O/c1-6-3-4-8(9(11)12-6)13-7(2)5-10/h3-4,7H,5,10H2,1-2H3,(H2,11,12). The molecular weight excluding hydrogens is 166 g/mol. The molecule has 0 aliphatic rings. The zero-order valence-corrected chi connectivity index (χ0v) is 7.95. The van der Waals surface area contributed by atoms with Crippen molar-refractivity contribution < 1.29 is 4.74 Å². The van der Waals surface area contributed by atoms with Crippen molar-refractivity contribution in [1.82, 2.24) is 4.98 Å². The van der Waals surface area contributed by atoms with E-state index in [1.54, 1.807) is 0 Å². The number of nitrogen functional groups attached to an aromatic ring is 1. The van der Waals surface area contributed by atoms with Gasteiger partial charge in [-0.25, -0.2) is 4.98 Å². The maximum Gasteiger partial charge on any atom is 0.166 e. The van der Waals surface area contributed by atoms with Gasteiger partial charge in [0.25, 0.3) is 0 Å². The van der Waals surface area contributed by atoms with Crippen molar-refractivity contribution in [1.29, 1.82) is 0 Å². The van der Waals surface area contributed by atoms with E-state index in [9.17, 15) is 0 Å². The number of nitrogens with two attached hydrogens (primary N) is 2. The van der Waals surface area contributed by atoms with Crippen LogP contribution in [0.15, 0.2) is 12.1 Å². The highest BCUT2D eigenvalue weighted by Crippen LogP contribution is 2.19. The number of pyridine rings is 1. The van der Waals surface area contributed by atoms with Crippen LogP contribution >= 0.6 is 0 Å². The molecule has 1 heterocycles. The molecule has 13 heavy (non-hydrogen) atoms. The molecule has 0 aliphatic carbocycles. The third-order valence-electron chi connectivity index (χ3n) is 1.69. The van der Waals surface area contributed by atoms with Crippen molar-refractivity contribution in [2.45, 2.75) is 20.0 Å². The fourth-order valence-corrected chi connectivity index (χ4v) is 0.929. The number of hydrogen-bond donors (Lipinski definition) is 2. The molecular formula is C9H15N3O. The first-order chi connectivity index (χ1) is 6.13. The third-order valence-corrected chi connectivity index (χ3v) is 1.69. The van der Waals surface area contributed by atoms with Gasteiger partial charge in [0.05, 0.1) is 0 Å². The Kier molecular flexibility index (Phi) is 3.08. The SMILES string of the molecule is Cc1ccc(OC(C)CN)c(N)n1. The summed E-state index contributed by atoms with van der Waals surface area (Å²) in [6.45, 7) is 4.24. The minimum absolute atomic E-state index is 0.0354. The van der Waals surface area contributed by atoms with Crippen LogP contribution in [-0.2, 0) is 0 Å².